The van der Waals surface area contributed by atoms with Crippen molar-refractivity contribution in [1.29, 1.82) is 0 Å². The van der Waals surface area contributed by atoms with E-state index in [1.807, 2.05) is 5.43 Å². The average molecular weight is 214 g/mol. The molecule has 7 heteroatoms. The maximum Gasteiger partial charge on any atom is 0.325 e. The Morgan fingerprint density at radius 1 is 1.53 bits per heavy atom. The van der Waals surface area contributed by atoms with Gasteiger partial charge in [-0.05, 0) is 20.8 Å². The molecule has 4 N–H and O–H groups in total. The zero-order chi connectivity index (χ0) is 11.8. The monoisotopic (exact) mass is 214 g/mol. The summed E-state index contributed by atoms with van der Waals surface area (Å²) in [6.07, 6.45) is 0. The molecular formula is C8H14N4O3. The van der Waals surface area contributed by atoms with Crippen molar-refractivity contribution in [2.45, 2.75) is 32.4 Å². The summed E-state index contributed by atoms with van der Waals surface area (Å²) in [5, 5.41) is 2.14. The van der Waals surface area contributed by atoms with E-state index in [0.717, 1.165) is 4.90 Å². The molecule has 1 atom stereocenters. The van der Waals surface area contributed by atoms with Crippen molar-refractivity contribution in [1.82, 2.24) is 15.6 Å². The predicted octanol–water partition coefficient (Wildman–Crippen LogP) is -1.30. The molecule has 0 aliphatic carbocycles. The van der Waals surface area contributed by atoms with E-state index in [1.165, 1.54) is 6.92 Å². The highest BCUT2D eigenvalue weighted by atomic mass is 16.2. The minimum absolute atomic E-state index is 0.427. The maximum absolute atomic E-state index is 11.4. The number of hydrogen-bond donors (Lipinski definition) is 3. The van der Waals surface area contributed by atoms with E-state index in [0.29, 0.717) is 0 Å². The van der Waals surface area contributed by atoms with Gasteiger partial charge in [-0.1, -0.05) is 0 Å². The number of amides is 4. The molecule has 0 spiro atoms. The number of nitrogens with zero attached hydrogens (tertiary/aromatic N) is 1. The number of hydrogen-bond acceptors (Lipinski definition) is 4. The molecule has 7 nitrogen and oxygen atoms in total. The number of hydrazine groups is 1. The Kier molecular flexibility index (Phi) is 2.67. The van der Waals surface area contributed by atoms with Crippen molar-refractivity contribution < 1.29 is 14.4 Å². The van der Waals surface area contributed by atoms with Gasteiger partial charge in [-0.2, -0.15) is 0 Å². The van der Waals surface area contributed by atoms with Crippen LogP contribution in [0.1, 0.15) is 20.8 Å². The largest absolute Gasteiger partial charge is 0.325 e. The molecule has 0 bridgehead atoms. The highest BCUT2D eigenvalue weighted by Gasteiger charge is 2.49. The minimum Gasteiger partial charge on any atom is -0.298 e. The lowest BCUT2D eigenvalue weighted by Gasteiger charge is -2.32. The second-order valence-electron chi connectivity index (χ2n) is 3.87. The molecule has 0 saturated carbocycles. The number of carbonyl (C=O) groups excluding carboxylic acids is 3. The zero-order valence-electron chi connectivity index (χ0n) is 8.83. The van der Waals surface area contributed by atoms with Gasteiger partial charge in [0.25, 0.3) is 11.8 Å². The Hall–Kier alpha value is -1.63. The second kappa shape index (κ2) is 3.50. The van der Waals surface area contributed by atoms with E-state index in [2.05, 4.69) is 5.32 Å². The van der Waals surface area contributed by atoms with E-state index >= 15 is 0 Å². The Labute approximate surface area is 86.9 Å². The standard InChI is InChI=1S/C8H14N4O3/c1-4(5(13)11-9)12-7(15)10-6(14)8(12,2)3/h4H,9H2,1-3H3,(H,11,13)(H,10,14,15). The molecule has 1 fully saturated rings. The molecule has 15 heavy (non-hydrogen) atoms. The van der Waals surface area contributed by atoms with Crippen LogP contribution in [0.25, 0.3) is 0 Å². The number of nitrogens with one attached hydrogen (secondary N) is 2. The van der Waals surface area contributed by atoms with E-state index in [9.17, 15) is 14.4 Å². The van der Waals surface area contributed by atoms with Gasteiger partial charge in [-0.15, -0.1) is 0 Å². The fraction of sp³-hybridized carbons (Fsp3) is 0.625. The SMILES string of the molecule is CC(C(=O)NN)N1C(=O)NC(=O)C1(C)C. The van der Waals surface area contributed by atoms with Crippen LogP contribution in [-0.4, -0.2) is 34.3 Å². The molecule has 4 amide bonds. The minimum atomic E-state index is -1.04. The topological polar surface area (TPSA) is 105 Å². The summed E-state index contributed by atoms with van der Waals surface area (Å²) in [4.78, 5) is 35.3. The summed E-state index contributed by atoms with van der Waals surface area (Å²) in [6, 6.07) is -1.38. The molecule has 0 aromatic rings. The fourth-order valence-corrected chi connectivity index (χ4v) is 1.57. The molecule has 84 valence electrons. The van der Waals surface area contributed by atoms with E-state index in [-0.39, 0.29) is 0 Å². The molecule has 0 aromatic carbocycles. The third-order valence-electron chi connectivity index (χ3n) is 2.51. The molecule has 1 heterocycles. The molecule has 1 unspecified atom stereocenters. The van der Waals surface area contributed by atoms with Crippen LogP contribution in [0.15, 0.2) is 0 Å². The first-order valence-electron chi connectivity index (χ1n) is 4.47. The van der Waals surface area contributed by atoms with Crippen molar-refractivity contribution in [3.05, 3.63) is 0 Å². The molecule has 1 aliphatic heterocycles. The van der Waals surface area contributed by atoms with E-state index in [1.54, 1.807) is 13.8 Å². The highest BCUT2D eigenvalue weighted by Crippen LogP contribution is 2.23. The first kappa shape index (κ1) is 11.4. The number of urea groups is 1. The van der Waals surface area contributed by atoms with Crippen molar-refractivity contribution in [3.8, 4) is 0 Å². The van der Waals surface area contributed by atoms with Crippen LogP contribution in [-0.2, 0) is 9.59 Å². The number of rotatable bonds is 2. The summed E-state index contributed by atoms with van der Waals surface area (Å²) >= 11 is 0. The van der Waals surface area contributed by atoms with E-state index in [4.69, 9.17) is 5.84 Å². The Morgan fingerprint density at radius 3 is 2.40 bits per heavy atom. The normalized spacial score (nSPS) is 21.2. The van der Waals surface area contributed by atoms with Crippen molar-refractivity contribution in [3.63, 3.8) is 0 Å². The quantitative estimate of drug-likeness (QED) is 0.230. The predicted molar refractivity (Wildman–Crippen MR) is 51.2 cm³/mol. The summed E-state index contributed by atoms with van der Waals surface area (Å²) < 4.78 is 0. The van der Waals surface area contributed by atoms with Gasteiger partial charge >= 0.3 is 6.03 Å². The highest BCUT2D eigenvalue weighted by molar-refractivity contribution is 6.08. The van der Waals surface area contributed by atoms with Gasteiger partial charge in [0.2, 0.25) is 0 Å². The maximum atomic E-state index is 11.4. The van der Waals surface area contributed by atoms with E-state index < -0.39 is 29.4 Å². The van der Waals surface area contributed by atoms with Crippen molar-refractivity contribution in [2.24, 2.45) is 5.84 Å². The van der Waals surface area contributed by atoms with Gasteiger partial charge < -0.3 is 0 Å². The van der Waals surface area contributed by atoms with Gasteiger partial charge in [-0.3, -0.25) is 25.2 Å². The van der Waals surface area contributed by atoms with Crippen molar-refractivity contribution in [2.75, 3.05) is 0 Å². The van der Waals surface area contributed by atoms with Crippen LogP contribution in [0.5, 0.6) is 0 Å². The number of imide groups is 1. The van der Waals surface area contributed by atoms with Crippen LogP contribution in [0.3, 0.4) is 0 Å². The van der Waals surface area contributed by atoms with Gasteiger partial charge in [0.15, 0.2) is 0 Å². The average Bonchev–Trinajstić information content (AvgIpc) is 2.34. The third-order valence-corrected chi connectivity index (χ3v) is 2.51. The molecule has 0 radical (unpaired) electrons. The summed E-state index contributed by atoms with van der Waals surface area (Å²) in [7, 11) is 0. The third kappa shape index (κ3) is 1.65. The summed E-state index contributed by atoms with van der Waals surface area (Å²) in [5.74, 6) is 4.02. The molecular weight excluding hydrogens is 200 g/mol. The van der Waals surface area contributed by atoms with Crippen LogP contribution in [0.4, 0.5) is 4.79 Å². The van der Waals surface area contributed by atoms with Gasteiger partial charge in [0.05, 0.1) is 0 Å². The zero-order valence-corrected chi connectivity index (χ0v) is 8.83. The van der Waals surface area contributed by atoms with Crippen LogP contribution in [0.2, 0.25) is 0 Å². The Morgan fingerprint density at radius 2 is 2.07 bits per heavy atom. The second-order valence-corrected chi connectivity index (χ2v) is 3.87. The lowest BCUT2D eigenvalue weighted by molar-refractivity contribution is -0.129. The number of carbonyl (C=O) groups is 3. The lowest BCUT2D eigenvalue weighted by Crippen LogP contribution is -2.55. The first-order chi connectivity index (χ1) is 6.82. The fourth-order valence-electron chi connectivity index (χ4n) is 1.57. The molecule has 1 rings (SSSR count). The van der Waals surface area contributed by atoms with Crippen molar-refractivity contribution >= 4 is 17.8 Å². The van der Waals surface area contributed by atoms with Crippen LogP contribution < -0.4 is 16.6 Å². The molecule has 1 aliphatic rings. The molecule has 1 saturated heterocycles. The van der Waals surface area contributed by atoms with Crippen LogP contribution in [0, 0.1) is 0 Å². The number of nitrogens with two attached hydrogens (primary N) is 1. The Bertz CT molecular complexity index is 326. The van der Waals surface area contributed by atoms with Crippen LogP contribution >= 0.6 is 0 Å². The smallest absolute Gasteiger partial charge is 0.298 e. The van der Waals surface area contributed by atoms with Gasteiger partial charge in [-0.25, -0.2) is 10.6 Å². The Balaban J connectivity index is 2.99. The summed E-state index contributed by atoms with van der Waals surface area (Å²) in [6.45, 7) is 4.63. The van der Waals surface area contributed by atoms with Gasteiger partial charge in [0, 0.05) is 0 Å². The van der Waals surface area contributed by atoms with Gasteiger partial charge in [0.1, 0.15) is 11.6 Å². The summed E-state index contributed by atoms with van der Waals surface area (Å²) in [5.41, 5.74) is 0.904. The first-order valence-corrected chi connectivity index (χ1v) is 4.47. The lowest BCUT2D eigenvalue weighted by atomic mass is 10.0. The molecule has 0 aromatic heterocycles.